The number of aryl methyl sites for hydroxylation is 1. The van der Waals surface area contributed by atoms with Gasteiger partial charge in [0.1, 0.15) is 17.0 Å². The summed E-state index contributed by atoms with van der Waals surface area (Å²) in [5.41, 5.74) is 0.259. The van der Waals surface area contributed by atoms with Crippen molar-refractivity contribution in [1.29, 1.82) is 0 Å². The first-order chi connectivity index (χ1) is 11.4. The maximum Gasteiger partial charge on any atom is 0.345 e. The Morgan fingerprint density at radius 3 is 2.54 bits per heavy atom. The molecule has 1 N–H and O–H groups in total. The van der Waals surface area contributed by atoms with Gasteiger partial charge in [-0.25, -0.2) is 4.79 Å². The van der Waals surface area contributed by atoms with Crippen molar-refractivity contribution in [3.05, 3.63) is 23.9 Å². The zero-order valence-electron chi connectivity index (χ0n) is 13.1. The molecule has 3 rings (SSSR count). The summed E-state index contributed by atoms with van der Waals surface area (Å²) < 4.78 is 50.7. The number of carbonyl (C=O) groups is 1. The Morgan fingerprint density at radius 2 is 1.96 bits per heavy atom. The van der Waals surface area contributed by atoms with E-state index in [2.05, 4.69) is 0 Å². The molecular formula is C15H16NO7S+. The van der Waals surface area contributed by atoms with Gasteiger partial charge in [0.25, 0.3) is 10.1 Å². The number of aromatic nitrogens is 1. The van der Waals surface area contributed by atoms with E-state index < -0.39 is 21.0 Å². The summed E-state index contributed by atoms with van der Waals surface area (Å²) in [7, 11) is -4.68. The van der Waals surface area contributed by atoms with Crippen LogP contribution in [0.15, 0.2) is 23.2 Å². The van der Waals surface area contributed by atoms with Crippen molar-refractivity contribution >= 4 is 27.0 Å². The standard InChI is InChI=1S/C15H15NO7S/c1-3-16-7-10(15(17)21-4-2)14(24(18,19)20)9-5-12-13(6-11(9)16)23-8-22-12/h5-7H,3-4,8H2,1-2H3/p+1. The van der Waals surface area contributed by atoms with Crippen LogP contribution in [0.5, 0.6) is 11.5 Å². The van der Waals surface area contributed by atoms with E-state index in [-0.39, 0.29) is 24.3 Å². The van der Waals surface area contributed by atoms with Crippen LogP contribution in [0.4, 0.5) is 0 Å². The van der Waals surface area contributed by atoms with Gasteiger partial charge in [-0.3, -0.25) is 4.55 Å². The van der Waals surface area contributed by atoms with Crippen molar-refractivity contribution in [2.75, 3.05) is 13.4 Å². The third kappa shape index (κ3) is 2.65. The van der Waals surface area contributed by atoms with Crippen LogP contribution in [0.25, 0.3) is 10.9 Å². The largest absolute Gasteiger partial charge is 0.462 e. The lowest BCUT2D eigenvalue weighted by Crippen LogP contribution is -2.35. The molecule has 24 heavy (non-hydrogen) atoms. The molecule has 0 saturated carbocycles. The topological polar surface area (TPSA) is 103 Å². The van der Waals surface area contributed by atoms with E-state index in [4.69, 9.17) is 14.2 Å². The lowest BCUT2D eigenvalue weighted by molar-refractivity contribution is -0.668. The van der Waals surface area contributed by atoms with Gasteiger partial charge in [-0.1, -0.05) is 0 Å². The number of hydrogen-bond donors (Lipinski definition) is 1. The van der Waals surface area contributed by atoms with Crippen LogP contribution in [0, 0.1) is 0 Å². The van der Waals surface area contributed by atoms with Gasteiger partial charge in [0, 0.05) is 0 Å². The van der Waals surface area contributed by atoms with Crippen molar-refractivity contribution in [2.45, 2.75) is 25.3 Å². The molecule has 0 saturated heterocycles. The number of rotatable bonds is 4. The van der Waals surface area contributed by atoms with Gasteiger partial charge < -0.3 is 14.2 Å². The van der Waals surface area contributed by atoms with Crippen molar-refractivity contribution in [1.82, 2.24) is 0 Å². The molecule has 1 aromatic heterocycles. The fourth-order valence-electron chi connectivity index (χ4n) is 2.67. The van der Waals surface area contributed by atoms with Crippen molar-refractivity contribution in [2.24, 2.45) is 0 Å². The average Bonchev–Trinajstić information content (AvgIpc) is 2.97. The summed E-state index contributed by atoms with van der Waals surface area (Å²) in [6.45, 7) is 4.01. The number of nitrogens with zero attached hydrogens (tertiary/aromatic N) is 1. The molecule has 0 aliphatic carbocycles. The summed E-state index contributed by atoms with van der Waals surface area (Å²) in [6.07, 6.45) is 1.35. The third-order valence-corrected chi connectivity index (χ3v) is 4.62. The molecule has 1 aromatic carbocycles. The second kappa shape index (κ2) is 5.91. The van der Waals surface area contributed by atoms with Gasteiger partial charge in [0.15, 0.2) is 17.7 Å². The Labute approximate surface area is 138 Å². The van der Waals surface area contributed by atoms with E-state index >= 15 is 0 Å². The molecular weight excluding hydrogens is 338 g/mol. The number of benzene rings is 1. The van der Waals surface area contributed by atoms with Gasteiger partial charge in [-0.15, -0.1) is 0 Å². The van der Waals surface area contributed by atoms with Gasteiger partial charge in [-0.2, -0.15) is 13.0 Å². The quantitative estimate of drug-likeness (QED) is 0.501. The van der Waals surface area contributed by atoms with Crippen LogP contribution in [-0.2, 0) is 21.4 Å². The average molecular weight is 354 g/mol. The summed E-state index contributed by atoms with van der Waals surface area (Å²) in [4.78, 5) is 11.7. The number of esters is 1. The third-order valence-electron chi connectivity index (χ3n) is 3.67. The van der Waals surface area contributed by atoms with Crippen LogP contribution in [0.2, 0.25) is 0 Å². The Balaban J connectivity index is 2.43. The SMILES string of the molecule is CCOC(=O)c1c[n+](CC)c2cc3c(cc2c1S(=O)(=O)O)OCO3. The highest BCUT2D eigenvalue weighted by Gasteiger charge is 2.32. The molecule has 2 heterocycles. The lowest BCUT2D eigenvalue weighted by Gasteiger charge is -2.10. The number of ether oxygens (including phenoxy) is 3. The van der Waals surface area contributed by atoms with E-state index in [1.807, 2.05) is 6.92 Å². The minimum Gasteiger partial charge on any atom is -0.462 e. The first-order valence-corrected chi connectivity index (χ1v) is 8.75. The zero-order chi connectivity index (χ0) is 17.5. The van der Waals surface area contributed by atoms with E-state index in [9.17, 15) is 17.8 Å². The molecule has 0 spiro atoms. The fraction of sp³-hybridized carbons (Fsp3) is 0.333. The Hall–Kier alpha value is -2.39. The van der Waals surface area contributed by atoms with Crippen LogP contribution in [-0.4, -0.2) is 32.3 Å². The first kappa shape index (κ1) is 16.5. The second-order valence-electron chi connectivity index (χ2n) is 5.08. The molecule has 128 valence electrons. The Kier molecular flexibility index (Phi) is 4.06. The number of fused-ring (bicyclic) bond motifs is 2. The highest BCUT2D eigenvalue weighted by molar-refractivity contribution is 7.86. The van der Waals surface area contributed by atoms with Crippen LogP contribution in [0.3, 0.4) is 0 Å². The van der Waals surface area contributed by atoms with Gasteiger partial charge in [0.05, 0.1) is 18.1 Å². The monoisotopic (exact) mass is 354 g/mol. The minimum atomic E-state index is -4.68. The summed E-state index contributed by atoms with van der Waals surface area (Å²) >= 11 is 0. The molecule has 1 aliphatic heterocycles. The maximum atomic E-state index is 12.2. The zero-order valence-corrected chi connectivity index (χ0v) is 13.9. The van der Waals surface area contributed by atoms with Gasteiger partial charge in [0.2, 0.25) is 12.3 Å². The van der Waals surface area contributed by atoms with Crippen LogP contribution in [0.1, 0.15) is 24.2 Å². The van der Waals surface area contributed by atoms with Crippen molar-refractivity contribution in [3.63, 3.8) is 0 Å². The second-order valence-corrected chi connectivity index (χ2v) is 6.43. The van der Waals surface area contributed by atoms with E-state index in [1.165, 1.54) is 12.3 Å². The van der Waals surface area contributed by atoms with Gasteiger partial charge in [-0.05, 0) is 19.9 Å². The predicted molar refractivity (Wildman–Crippen MR) is 81.7 cm³/mol. The smallest absolute Gasteiger partial charge is 0.345 e. The van der Waals surface area contributed by atoms with E-state index in [0.717, 1.165) is 0 Å². The molecule has 0 fully saturated rings. The minimum absolute atomic E-state index is 0.0176. The molecule has 0 amide bonds. The molecule has 8 nitrogen and oxygen atoms in total. The lowest BCUT2D eigenvalue weighted by atomic mass is 10.1. The molecule has 0 unspecified atom stereocenters. The predicted octanol–water partition coefficient (Wildman–Crippen LogP) is 1.30. The van der Waals surface area contributed by atoms with Crippen LogP contribution < -0.4 is 14.0 Å². The highest BCUT2D eigenvalue weighted by atomic mass is 32.2. The van der Waals surface area contributed by atoms with E-state index in [0.29, 0.717) is 23.6 Å². The maximum absolute atomic E-state index is 12.2. The van der Waals surface area contributed by atoms with Crippen molar-refractivity contribution in [3.8, 4) is 11.5 Å². The Bertz CT molecular complexity index is 937. The molecule has 0 radical (unpaired) electrons. The molecule has 0 atom stereocenters. The Morgan fingerprint density at radius 1 is 1.29 bits per heavy atom. The molecule has 9 heteroatoms. The van der Waals surface area contributed by atoms with Crippen molar-refractivity contribution < 1.29 is 36.5 Å². The van der Waals surface area contributed by atoms with Crippen LogP contribution >= 0.6 is 0 Å². The summed E-state index contributed by atoms with van der Waals surface area (Å²) in [6, 6.07) is 3.06. The first-order valence-electron chi connectivity index (χ1n) is 7.31. The number of carbonyl (C=O) groups excluding carboxylic acids is 1. The number of hydrogen-bond acceptors (Lipinski definition) is 6. The summed E-state index contributed by atoms with van der Waals surface area (Å²) in [5, 5.41) is 0.161. The molecule has 1 aliphatic rings. The molecule has 0 bridgehead atoms. The van der Waals surface area contributed by atoms with Gasteiger partial charge >= 0.3 is 5.97 Å². The normalized spacial score (nSPS) is 13.3. The summed E-state index contributed by atoms with van der Waals surface area (Å²) in [5.74, 6) is -0.0159. The highest BCUT2D eigenvalue weighted by Crippen LogP contribution is 2.38. The fourth-order valence-corrected chi connectivity index (χ4v) is 3.53. The van der Waals surface area contributed by atoms with E-state index in [1.54, 1.807) is 17.6 Å². The molecule has 2 aromatic rings. The number of pyridine rings is 1.